The third-order valence-electron chi connectivity index (χ3n) is 2.86. The molecule has 3 amide bonds. The monoisotopic (exact) mass is 211 g/mol. The molecular weight excluding hydrogens is 194 g/mol. The first-order valence-corrected chi connectivity index (χ1v) is 5.58. The van der Waals surface area contributed by atoms with E-state index < -0.39 is 0 Å². The van der Waals surface area contributed by atoms with Gasteiger partial charge in [-0.15, -0.1) is 0 Å². The first-order chi connectivity index (χ1) is 7.25. The summed E-state index contributed by atoms with van der Waals surface area (Å²) in [5.41, 5.74) is 0. The predicted octanol–water partition coefficient (Wildman–Crippen LogP) is -0.0258. The van der Waals surface area contributed by atoms with Crippen molar-refractivity contribution in [3.8, 4) is 0 Å². The topological polar surface area (TPSA) is 70.2 Å². The Morgan fingerprint density at radius 3 is 2.33 bits per heavy atom. The molecule has 2 rings (SSSR count). The fourth-order valence-corrected chi connectivity index (χ4v) is 1.75. The van der Waals surface area contributed by atoms with Gasteiger partial charge in [0, 0.05) is 12.0 Å². The molecule has 15 heavy (non-hydrogen) atoms. The molecule has 0 unspecified atom stereocenters. The second-order valence-electron chi connectivity index (χ2n) is 4.26. The van der Waals surface area contributed by atoms with Crippen LogP contribution in [0, 0.1) is 5.92 Å². The van der Waals surface area contributed by atoms with Crippen LogP contribution >= 0.6 is 0 Å². The summed E-state index contributed by atoms with van der Waals surface area (Å²) >= 11 is 0. The highest BCUT2D eigenvalue weighted by Gasteiger charge is 2.26. The van der Waals surface area contributed by atoms with Gasteiger partial charge in [-0.2, -0.15) is 0 Å². The van der Waals surface area contributed by atoms with Crippen LogP contribution in [0.3, 0.4) is 0 Å². The summed E-state index contributed by atoms with van der Waals surface area (Å²) < 4.78 is 0. The molecule has 1 aliphatic carbocycles. The fraction of sp³-hybridized carbons (Fsp3) is 0.800. The lowest BCUT2D eigenvalue weighted by Crippen LogP contribution is -2.45. The molecule has 2 aliphatic rings. The number of rotatable bonds is 2. The largest absolute Gasteiger partial charge is 0.335 e. The van der Waals surface area contributed by atoms with E-state index in [9.17, 15) is 9.59 Å². The van der Waals surface area contributed by atoms with Crippen LogP contribution < -0.4 is 16.0 Å². The Kier molecular flexibility index (Phi) is 3.20. The van der Waals surface area contributed by atoms with Crippen LogP contribution in [0.4, 0.5) is 4.79 Å². The quantitative estimate of drug-likeness (QED) is 0.601. The lowest BCUT2D eigenvalue weighted by molar-refractivity contribution is -0.124. The van der Waals surface area contributed by atoms with E-state index in [1.165, 1.54) is 0 Å². The lowest BCUT2D eigenvalue weighted by Gasteiger charge is -2.21. The summed E-state index contributed by atoms with van der Waals surface area (Å²) in [7, 11) is 0. The van der Waals surface area contributed by atoms with Crippen molar-refractivity contribution in [1.29, 1.82) is 0 Å². The van der Waals surface area contributed by atoms with Gasteiger partial charge in [-0.1, -0.05) is 0 Å². The number of amides is 3. The highest BCUT2D eigenvalue weighted by atomic mass is 16.2. The number of carbonyl (C=O) groups is 2. The van der Waals surface area contributed by atoms with Crippen LogP contribution in [0.2, 0.25) is 0 Å². The number of urea groups is 1. The fourth-order valence-electron chi connectivity index (χ4n) is 1.75. The summed E-state index contributed by atoms with van der Waals surface area (Å²) in [5, 5.41) is 8.33. The van der Waals surface area contributed by atoms with Crippen molar-refractivity contribution in [3.63, 3.8) is 0 Å². The van der Waals surface area contributed by atoms with E-state index in [4.69, 9.17) is 0 Å². The minimum absolute atomic E-state index is 0.00352. The van der Waals surface area contributed by atoms with E-state index in [0.717, 1.165) is 38.8 Å². The average Bonchev–Trinajstić information content (AvgIpc) is 3.03. The van der Waals surface area contributed by atoms with Gasteiger partial charge in [0.15, 0.2) is 0 Å². The molecule has 0 aromatic rings. The van der Waals surface area contributed by atoms with Crippen molar-refractivity contribution < 1.29 is 9.59 Å². The Morgan fingerprint density at radius 1 is 1.07 bits per heavy atom. The van der Waals surface area contributed by atoms with Crippen molar-refractivity contribution in [3.05, 3.63) is 0 Å². The van der Waals surface area contributed by atoms with E-state index in [-0.39, 0.29) is 17.9 Å². The molecule has 0 bridgehead atoms. The maximum absolute atomic E-state index is 11.6. The zero-order valence-electron chi connectivity index (χ0n) is 8.71. The van der Waals surface area contributed by atoms with E-state index >= 15 is 0 Å². The van der Waals surface area contributed by atoms with Gasteiger partial charge in [-0.3, -0.25) is 10.1 Å². The Morgan fingerprint density at radius 2 is 1.73 bits per heavy atom. The molecule has 5 nitrogen and oxygen atoms in total. The molecule has 0 aromatic carbocycles. The number of imide groups is 1. The van der Waals surface area contributed by atoms with Crippen molar-refractivity contribution in [2.75, 3.05) is 13.1 Å². The molecule has 3 N–H and O–H groups in total. The van der Waals surface area contributed by atoms with Crippen LogP contribution in [0.25, 0.3) is 0 Å². The Hall–Kier alpha value is -1.10. The third kappa shape index (κ3) is 3.20. The van der Waals surface area contributed by atoms with Crippen LogP contribution in [-0.4, -0.2) is 31.1 Å². The molecule has 2 fully saturated rings. The van der Waals surface area contributed by atoms with Gasteiger partial charge in [-0.25, -0.2) is 4.79 Å². The molecule has 5 heteroatoms. The van der Waals surface area contributed by atoms with Crippen LogP contribution in [-0.2, 0) is 4.79 Å². The molecule has 1 aliphatic heterocycles. The second kappa shape index (κ2) is 4.61. The maximum atomic E-state index is 11.6. The zero-order valence-corrected chi connectivity index (χ0v) is 8.71. The highest BCUT2D eigenvalue weighted by Crippen LogP contribution is 2.18. The van der Waals surface area contributed by atoms with Crippen molar-refractivity contribution >= 4 is 11.9 Å². The average molecular weight is 211 g/mol. The van der Waals surface area contributed by atoms with E-state index in [0.29, 0.717) is 6.04 Å². The van der Waals surface area contributed by atoms with Crippen LogP contribution in [0.1, 0.15) is 25.7 Å². The summed E-state index contributed by atoms with van der Waals surface area (Å²) in [6, 6.07) is -0.0353. The number of carbonyl (C=O) groups excluding carboxylic acids is 2. The van der Waals surface area contributed by atoms with E-state index in [1.54, 1.807) is 0 Å². The third-order valence-corrected chi connectivity index (χ3v) is 2.86. The molecule has 1 saturated carbocycles. The lowest BCUT2D eigenvalue weighted by atomic mass is 9.97. The highest BCUT2D eigenvalue weighted by molar-refractivity contribution is 5.95. The Labute approximate surface area is 89.0 Å². The molecule has 1 heterocycles. The van der Waals surface area contributed by atoms with Crippen LogP contribution in [0.15, 0.2) is 0 Å². The Bertz CT molecular complexity index is 257. The standard InChI is InChI=1S/C10H17N3O2/c14-9(7-3-5-11-6-4-7)13-10(15)12-8-1-2-8/h7-8,11H,1-6H2,(H2,12,13,14,15). The minimum atomic E-state index is -0.332. The van der Waals surface area contributed by atoms with E-state index in [1.807, 2.05) is 0 Å². The first-order valence-electron chi connectivity index (χ1n) is 5.58. The SMILES string of the molecule is O=C(NC(=O)C1CCNCC1)NC1CC1. The molecule has 0 radical (unpaired) electrons. The van der Waals surface area contributed by atoms with Gasteiger partial charge in [0.2, 0.25) is 5.91 Å². The number of hydrogen-bond acceptors (Lipinski definition) is 3. The van der Waals surface area contributed by atoms with Gasteiger partial charge in [0.25, 0.3) is 0 Å². The summed E-state index contributed by atoms with van der Waals surface area (Å²) in [5.74, 6) is -0.133. The number of hydrogen-bond donors (Lipinski definition) is 3. The van der Waals surface area contributed by atoms with E-state index in [2.05, 4.69) is 16.0 Å². The second-order valence-corrected chi connectivity index (χ2v) is 4.26. The molecule has 1 saturated heterocycles. The summed E-state index contributed by atoms with van der Waals surface area (Å²) in [6.45, 7) is 1.73. The molecular formula is C10H17N3O2. The first kappa shape index (κ1) is 10.4. The zero-order chi connectivity index (χ0) is 10.7. The molecule has 0 atom stereocenters. The number of piperidine rings is 1. The van der Waals surface area contributed by atoms with Crippen molar-refractivity contribution in [2.45, 2.75) is 31.7 Å². The normalized spacial score (nSPS) is 22.1. The van der Waals surface area contributed by atoms with Gasteiger partial charge in [0.05, 0.1) is 0 Å². The molecule has 84 valence electrons. The summed E-state index contributed by atoms with van der Waals surface area (Å²) in [6.07, 6.45) is 3.72. The van der Waals surface area contributed by atoms with Gasteiger partial charge < -0.3 is 10.6 Å². The van der Waals surface area contributed by atoms with Crippen molar-refractivity contribution in [1.82, 2.24) is 16.0 Å². The molecule has 0 spiro atoms. The van der Waals surface area contributed by atoms with Crippen molar-refractivity contribution in [2.24, 2.45) is 5.92 Å². The maximum Gasteiger partial charge on any atom is 0.321 e. The van der Waals surface area contributed by atoms with Gasteiger partial charge in [0.1, 0.15) is 0 Å². The Balaban J connectivity index is 1.71. The van der Waals surface area contributed by atoms with Crippen LogP contribution in [0.5, 0.6) is 0 Å². The summed E-state index contributed by atoms with van der Waals surface area (Å²) in [4.78, 5) is 22.9. The van der Waals surface area contributed by atoms with Gasteiger partial charge in [-0.05, 0) is 38.8 Å². The predicted molar refractivity (Wildman–Crippen MR) is 55.3 cm³/mol. The minimum Gasteiger partial charge on any atom is -0.335 e. The number of nitrogens with one attached hydrogen (secondary N) is 3. The smallest absolute Gasteiger partial charge is 0.321 e. The molecule has 0 aromatic heterocycles. The van der Waals surface area contributed by atoms with Gasteiger partial charge >= 0.3 is 6.03 Å².